The topological polar surface area (TPSA) is 86.1 Å². The van der Waals surface area contributed by atoms with Gasteiger partial charge in [-0.2, -0.15) is 23.3 Å². The van der Waals surface area contributed by atoms with E-state index >= 15 is 0 Å². The average molecular weight is 410 g/mol. The van der Waals surface area contributed by atoms with Gasteiger partial charge in [-0.25, -0.2) is 9.67 Å². The first-order chi connectivity index (χ1) is 13.9. The number of halogens is 3. The SMILES string of the molecule is Cc1nn(C2CCC2)c2c1OC1COC[C@H]1CNc1nc(ncc1C(F)(F)F)N2. The largest absolute Gasteiger partial charge is 0.482 e. The van der Waals surface area contributed by atoms with E-state index in [4.69, 9.17) is 9.47 Å². The van der Waals surface area contributed by atoms with Crippen molar-refractivity contribution in [2.45, 2.75) is 44.5 Å². The summed E-state index contributed by atoms with van der Waals surface area (Å²) in [5, 5.41) is 10.5. The zero-order valence-electron chi connectivity index (χ0n) is 15.8. The quantitative estimate of drug-likeness (QED) is 0.746. The van der Waals surface area contributed by atoms with E-state index in [1.807, 2.05) is 11.6 Å². The van der Waals surface area contributed by atoms with Gasteiger partial charge in [0, 0.05) is 18.7 Å². The number of anilines is 3. The van der Waals surface area contributed by atoms with E-state index in [-0.39, 0.29) is 36.4 Å². The van der Waals surface area contributed by atoms with Crippen molar-refractivity contribution in [3.05, 3.63) is 17.5 Å². The first-order valence-corrected chi connectivity index (χ1v) is 9.69. The molecule has 5 rings (SSSR count). The Kier molecular flexibility index (Phi) is 4.30. The van der Waals surface area contributed by atoms with Crippen molar-refractivity contribution in [2.24, 2.45) is 5.92 Å². The van der Waals surface area contributed by atoms with Gasteiger partial charge in [0.2, 0.25) is 5.95 Å². The number of nitrogens with zero attached hydrogens (tertiary/aromatic N) is 4. The molecule has 2 bridgehead atoms. The van der Waals surface area contributed by atoms with Crippen LogP contribution in [0.5, 0.6) is 5.75 Å². The molecule has 2 N–H and O–H groups in total. The van der Waals surface area contributed by atoms with Crippen LogP contribution in [-0.2, 0) is 10.9 Å². The second-order valence-electron chi connectivity index (χ2n) is 7.71. The van der Waals surface area contributed by atoms with Crippen LogP contribution >= 0.6 is 0 Å². The molecule has 4 heterocycles. The van der Waals surface area contributed by atoms with E-state index in [1.165, 1.54) is 0 Å². The Labute approximate surface area is 164 Å². The molecular weight excluding hydrogens is 389 g/mol. The van der Waals surface area contributed by atoms with E-state index in [9.17, 15) is 13.2 Å². The summed E-state index contributed by atoms with van der Waals surface area (Å²) in [7, 11) is 0. The molecule has 0 spiro atoms. The van der Waals surface area contributed by atoms with Crippen LogP contribution in [0.15, 0.2) is 6.20 Å². The molecule has 2 fully saturated rings. The maximum atomic E-state index is 13.4. The number of rotatable bonds is 1. The summed E-state index contributed by atoms with van der Waals surface area (Å²) in [5.41, 5.74) is -0.188. The van der Waals surface area contributed by atoms with Gasteiger partial charge in [-0.1, -0.05) is 0 Å². The minimum Gasteiger partial charge on any atom is -0.482 e. The molecular formula is C18H21F3N6O2. The molecule has 1 aliphatic carbocycles. The van der Waals surface area contributed by atoms with E-state index in [0.29, 0.717) is 30.5 Å². The fraction of sp³-hybridized carbons (Fsp3) is 0.611. The molecule has 2 aromatic rings. The maximum Gasteiger partial charge on any atom is 0.421 e. The number of alkyl halides is 3. The Bertz CT molecular complexity index is 927. The van der Waals surface area contributed by atoms with Gasteiger partial charge in [-0.15, -0.1) is 0 Å². The molecule has 1 unspecified atom stereocenters. The smallest absolute Gasteiger partial charge is 0.421 e. The van der Waals surface area contributed by atoms with Crippen molar-refractivity contribution >= 4 is 17.6 Å². The van der Waals surface area contributed by atoms with Crippen molar-refractivity contribution in [1.29, 1.82) is 0 Å². The van der Waals surface area contributed by atoms with Crippen LogP contribution in [0.3, 0.4) is 0 Å². The Morgan fingerprint density at radius 3 is 2.79 bits per heavy atom. The maximum absolute atomic E-state index is 13.4. The van der Waals surface area contributed by atoms with Crippen LogP contribution < -0.4 is 15.4 Å². The zero-order valence-corrected chi connectivity index (χ0v) is 15.8. The number of nitrogens with one attached hydrogen (secondary N) is 2. The lowest BCUT2D eigenvalue weighted by Gasteiger charge is -2.27. The fourth-order valence-corrected chi connectivity index (χ4v) is 3.85. The molecule has 0 amide bonds. The second-order valence-corrected chi connectivity index (χ2v) is 7.71. The van der Waals surface area contributed by atoms with Crippen molar-refractivity contribution in [3.8, 4) is 5.75 Å². The molecule has 2 aromatic heterocycles. The van der Waals surface area contributed by atoms with Crippen molar-refractivity contribution in [1.82, 2.24) is 19.7 Å². The third kappa shape index (κ3) is 3.26. The van der Waals surface area contributed by atoms with E-state index < -0.39 is 11.7 Å². The minimum atomic E-state index is -4.56. The van der Waals surface area contributed by atoms with Crippen LogP contribution in [-0.4, -0.2) is 45.6 Å². The molecule has 2 aliphatic heterocycles. The lowest BCUT2D eigenvalue weighted by atomic mass is 9.93. The Hall–Kier alpha value is -2.56. The van der Waals surface area contributed by atoms with Gasteiger partial charge >= 0.3 is 6.18 Å². The number of aryl methyl sites for hydroxylation is 1. The normalized spacial score (nSPS) is 24.3. The number of hydrogen-bond donors (Lipinski definition) is 2. The summed E-state index contributed by atoms with van der Waals surface area (Å²) in [6.07, 6.45) is -0.952. The lowest BCUT2D eigenvalue weighted by Crippen LogP contribution is -2.31. The summed E-state index contributed by atoms with van der Waals surface area (Å²) < 4.78 is 53.9. The third-order valence-electron chi connectivity index (χ3n) is 5.72. The fourth-order valence-electron chi connectivity index (χ4n) is 3.85. The van der Waals surface area contributed by atoms with Crippen LogP contribution in [0.4, 0.5) is 30.8 Å². The highest BCUT2D eigenvalue weighted by molar-refractivity contribution is 5.62. The first-order valence-electron chi connectivity index (χ1n) is 9.69. The van der Waals surface area contributed by atoms with Gasteiger partial charge < -0.3 is 20.1 Å². The summed E-state index contributed by atoms with van der Waals surface area (Å²) in [6, 6.07) is 0.223. The molecule has 3 aliphatic rings. The highest BCUT2D eigenvalue weighted by Gasteiger charge is 2.38. The molecule has 156 valence electrons. The van der Waals surface area contributed by atoms with E-state index in [2.05, 4.69) is 25.7 Å². The van der Waals surface area contributed by atoms with Crippen LogP contribution in [0.2, 0.25) is 0 Å². The highest BCUT2D eigenvalue weighted by Crippen LogP contribution is 2.41. The molecule has 0 radical (unpaired) electrons. The summed E-state index contributed by atoms with van der Waals surface area (Å²) in [4.78, 5) is 8.02. The van der Waals surface area contributed by atoms with Crippen molar-refractivity contribution < 1.29 is 22.6 Å². The molecule has 11 heteroatoms. The van der Waals surface area contributed by atoms with Crippen LogP contribution in [0.25, 0.3) is 0 Å². The average Bonchev–Trinajstić information content (AvgIpc) is 3.17. The van der Waals surface area contributed by atoms with Gasteiger partial charge in [-0.3, -0.25) is 0 Å². The van der Waals surface area contributed by atoms with Gasteiger partial charge in [0.25, 0.3) is 0 Å². The molecule has 8 nitrogen and oxygen atoms in total. The van der Waals surface area contributed by atoms with Crippen LogP contribution in [0.1, 0.15) is 36.6 Å². The summed E-state index contributed by atoms with van der Waals surface area (Å²) >= 11 is 0. The number of hydrogen-bond acceptors (Lipinski definition) is 7. The predicted molar refractivity (Wildman–Crippen MR) is 97.4 cm³/mol. The Morgan fingerprint density at radius 2 is 2.07 bits per heavy atom. The Balaban J connectivity index is 1.61. The van der Waals surface area contributed by atoms with Gasteiger partial charge in [-0.05, 0) is 26.2 Å². The van der Waals surface area contributed by atoms with E-state index in [1.54, 1.807) is 0 Å². The first kappa shape index (κ1) is 18.5. The predicted octanol–water partition coefficient (Wildman–Crippen LogP) is 3.29. The minimum absolute atomic E-state index is 0.0640. The molecule has 2 atom stereocenters. The van der Waals surface area contributed by atoms with Crippen molar-refractivity contribution in [3.63, 3.8) is 0 Å². The highest BCUT2D eigenvalue weighted by atomic mass is 19.4. The van der Waals surface area contributed by atoms with Gasteiger partial charge in [0.15, 0.2) is 11.6 Å². The number of aromatic nitrogens is 4. The summed E-state index contributed by atoms with van der Waals surface area (Å²) in [5.74, 6) is 0.839. The molecule has 1 saturated heterocycles. The molecule has 1 saturated carbocycles. The lowest BCUT2D eigenvalue weighted by molar-refractivity contribution is -0.137. The van der Waals surface area contributed by atoms with E-state index in [0.717, 1.165) is 25.5 Å². The van der Waals surface area contributed by atoms with Gasteiger partial charge in [0.05, 0.1) is 19.3 Å². The summed E-state index contributed by atoms with van der Waals surface area (Å²) in [6.45, 7) is 2.87. The number of ether oxygens (including phenoxy) is 2. The van der Waals surface area contributed by atoms with Crippen molar-refractivity contribution in [2.75, 3.05) is 30.4 Å². The molecule has 29 heavy (non-hydrogen) atoms. The standard InChI is InChI=1S/C18H21F3N6O2/c1-9-14-16(27(26-9)11-3-2-4-11)25-17-23-6-12(18(19,20)21)15(24-17)22-5-10-7-28-8-13(10)29-14/h6,10-11,13H,2-5,7-8H2,1H3,(H2,22,23,24,25)/t10-,13?/m1/s1. The number of fused-ring (bicyclic) bond motifs is 4. The monoisotopic (exact) mass is 410 g/mol. The molecule has 0 aromatic carbocycles. The third-order valence-corrected chi connectivity index (χ3v) is 5.72. The zero-order chi connectivity index (χ0) is 20.2. The van der Waals surface area contributed by atoms with Gasteiger partial charge in [0.1, 0.15) is 23.2 Å². The van der Waals surface area contributed by atoms with Crippen LogP contribution in [0, 0.1) is 12.8 Å². The Morgan fingerprint density at radius 1 is 1.24 bits per heavy atom. The second kappa shape index (κ2) is 6.75.